The lowest BCUT2D eigenvalue weighted by Crippen LogP contribution is -2.31. The first kappa shape index (κ1) is 16.2. The highest BCUT2D eigenvalue weighted by molar-refractivity contribution is 5.78. The Morgan fingerprint density at radius 2 is 1.93 bits per heavy atom. The molecule has 0 spiro atoms. The van der Waals surface area contributed by atoms with Gasteiger partial charge in [-0.2, -0.15) is 0 Å². The predicted octanol–water partition coefficient (Wildman–Crippen LogP) is 4.78. The molecule has 134 valence electrons. The van der Waals surface area contributed by atoms with Gasteiger partial charge in [0.1, 0.15) is 5.58 Å². The van der Waals surface area contributed by atoms with Gasteiger partial charge in [0.15, 0.2) is 5.82 Å². The molecule has 27 heavy (non-hydrogen) atoms. The van der Waals surface area contributed by atoms with Crippen molar-refractivity contribution < 1.29 is 4.42 Å². The molecule has 1 aliphatic heterocycles. The Morgan fingerprint density at radius 3 is 2.78 bits per heavy atom. The van der Waals surface area contributed by atoms with Crippen LogP contribution in [0.5, 0.6) is 0 Å². The molecule has 1 aliphatic rings. The summed E-state index contributed by atoms with van der Waals surface area (Å²) in [5.41, 5.74) is 7.43. The van der Waals surface area contributed by atoms with Gasteiger partial charge in [0, 0.05) is 42.4 Å². The molecule has 0 fully saturated rings. The number of aromatic nitrogens is 2. The molecule has 5 rings (SSSR count). The van der Waals surface area contributed by atoms with Gasteiger partial charge < -0.3 is 9.32 Å². The van der Waals surface area contributed by atoms with Crippen molar-refractivity contribution in [1.29, 1.82) is 0 Å². The molecule has 0 saturated carbocycles. The minimum absolute atomic E-state index is 0.331. The lowest BCUT2D eigenvalue weighted by Gasteiger charge is -2.34. The van der Waals surface area contributed by atoms with Crippen molar-refractivity contribution in [3.8, 4) is 11.4 Å². The van der Waals surface area contributed by atoms with Gasteiger partial charge in [0.05, 0.1) is 6.26 Å². The van der Waals surface area contributed by atoms with Gasteiger partial charge in [-0.05, 0) is 54.4 Å². The van der Waals surface area contributed by atoms with Crippen LogP contribution in [0.15, 0.2) is 65.5 Å². The van der Waals surface area contributed by atoms with Crippen molar-refractivity contribution in [2.24, 2.45) is 0 Å². The second-order valence-electron chi connectivity index (χ2n) is 7.35. The van der Waals surface area contributed by atoms with Gasteiger partial charge in [-0.3, -0.25) is 0 Å². The van der Waals surface area contributed by atoms with E-state index in [9.17, 15) is 0 Å². The first-order valence-electron chi connectivity index (χ1n) is 9.26. The molecule has 0 radical (unpaired) electrons. The molecule has 4 heteroatoms. The standard InChI is InChI=1S/C23H21N3O/c1-15-18(23-24-9-3-10-25-23)6-7-19-20(15)13-26(2)14-21(19)17-5-4-16-8-11-27-22(16)12-17/h3-12,21H,13-14H2,1-2H3. The van der Waals surface area contributed by atoms with E-state index in [4.69, 9.17) is 4.42 Å². The highest BCUT2D eigenvalue weighted by Crippen LogP contribution is 2.38. The molecule has 0 amide bonds. The number of hydrogen-bond donors (Lipinski definition) is 0. The average Bonchev–Trinajstić information content (AvgIpc) is 3.17. The minimum atomic E-state index is 0.331. The third kappa shape index (κ3) is 2.73. The van der Waals surface area contributed by atoms with Gasteiger partial charge in [-0.15, -0.1) is 0 Å². The predicted molar refractivity (Wildman–Crippen MR) is 107 cm³/mol. The van der Waals surface area contributed by atoms with Crippen molar-refractivity contribution in [3.05, 3.63) is 83.4 Å². The Balaban J connectivity index is 1.64. The summed E-state index contributed by atoms with van der Waals surface area (Å²) in [5, 5.41) is 1.15. The molecule has 2 aromatic carbocycles. The molecule has 1 atom stereocenters. The fourth-order valence-electron chi connectivity index (χ4n) is 4.21. The van der Waals surface area contributed by atoms with Crippen LogP contribution in [0, 0.1) is 6.92 Å². The van der Waals surface area contributed by atoms with E-state index in [0.717, 1.165) is 35.4 Å². The van der Waals surface area contributed by atoms with E-state index < -0.39 is 0 Å². The molecule has 1 unspecified atom stereocenters. The van der Waals surface area contributed by atoms with E-state index in [1.54, 1.807) is 18.7 Å². The number of nitrogens with zero attached hydrogens (tertiary/aromatic N) is 3. The van der Waals surface area contributed by atoms with Crippen LogP contribution >= 0.6 is 0 Å². The van der Waals surface area contributed by atoms with Crippen LogP contribution in [-0.4, -0.2) is 28.5 Å². The lowest BCUT2D eigenvalue weighted by molar-refractivity contribution is 0.294. The lowest BCUT2D eigenvalue weighted by atomic mass is 9.81. The molecule has 2 aromatic heterocycles. The summed E-state index contributed by atoms with van der Waals surface area (Å²) < 4.78 is 5.63. The van der Waals surface area contributed by atoms with E-state index in [0.29, 0.717) is 5.92 Å². The molecule has 0 saturated heterocycles. The Bertz CT molecular complexity index is 1120. The zero-order valence-electron chi connectivity index (χ0n) is 15.5. The maximum Gasteiger partial charge on any atom is 0.159 e. The third-order valence-corrected chi connectivity index (χ3v) is 5.62. The minimum Gasteiger partial charge on any atom is -0.464 e. The van der Waals surface area contributed by atoms with Crippen LogP contribution in [0.1, 0.15) is 28.2 Å². The number of benzene rings is 2. The van der Waals surface area contributed by atoms with Gasteiger partial charge in [-0.1, -0.05) is 24.3 Å². The van der Waals surface area contributed by atoms with E-state index in [1.165, 1.54) is 22.3 Å². The number of fused-ring (bicyclic) bond motifs is 2. The first-order chi connectivity index (χ1) is 13.2. The molecule has 0 bridgehead atoms. The quantitative estimate of drug-likeness (QED) is 0.519. The summed E-state index contributed by atoms with van der Waals surface area (Å²) in [6.45, 7) is 4.14. The summed E-state index contributed by atoms with van der Waals surface area (Å²) in [6.07, 6.45) is 5.36. The summed E-state index contributed by atoms with van der Waals surface area (Å²) in [7, 11) is 2.19. The van der Waals surface area contributed by atoms with Crippen molar-refractivity contribution in [2.75, 3.05) is 13.6 Å². The Morgan fingerprint density at radius 1 is 1.07 bits per heavy atom. The molecule has 4 nitrogen and oxygen atoms in total. The smallest absolute Gasteiger partial charge is 0.159 e. The molecule has 0 aliphatic carbocycles. The highest BCUT2D eigenvalue weighted by atomic mass is 16.3. The Hall–Kier alpha value is -2.98. The first-order valence-corrected chi connectivity index (χ1v) is 9.26. The molecular weight excluding hydrogens is 334 g/mol. The van der Waals surface area contributed by atoms with Gasteiger partial charge in [-0.25, -0.2) is 9.97 Å². The summed E-state index contributed by atoms with van der Waals surface area (Å²) in [6, 6.07) is 14.9. The number of rotatable bonds is 2. The van der Waals surface area contributed by atoms with Gasteiger partial charge >= 0.3 is 0 Å². The zero-order valence-corrected chi connectivity index (χ0v) is 15.5. The van der Waals surface area contributed by atoms with Crippen LogP contribution in [0.4, 0.5) is 0 Å². The summed E-state index contributed by atoms with van der Waals surface area (Å²) in [4.78, 5) is 11.3. The summed E-state index contributed by atoms with van der Waals surface area (Å²) in [5.74, 6) is 1.12. The van der Waals surface area contributed by atoms with Crippen molar-refractivity contribution in [1.82, 2.24) is 14.9 Å². The second kappa shape index (κ2) is 6.32. The van der Waals surface area contributed by atoms with E-state index in [2.05, 4.69) is 59.2 Å². The number of likely N-dealkylation sites (N-methyl/N-ethyl adjacent to an activating group) is 1. The number of hydrogen-bond acceptors (Lipinski definition) is 4. The molecule has 3 heterocycles. The van der Waals surface area contributed by atoms with Gasteiger partial charge in [0.25, 0.3) is 0 Å². The topological polar surface area (TPSA) is 42.2 Å². The van der Waals surface area contributed by atoms with E-state index in [-0.39, 0.29) is 0 Å². The average molecular weight is 355 g/mol. The summed E-state index contributed by atoms with van der Waals surface area (Å²) >= 11 is 0. The maximum absolute atomic E-state index is 5.63. The Labute approximate surface area is 158 Å². The molecular formula is C23H21N3O. The van der Waals surface area contributed by atoms with Crippen LogP contribution in [-0.2, 0) is 6.54 Å². The zero-order chi connectivity index (χ0) is 18.4. The van der Waals surface area contributed by atoms with Crippen LogP contribution in [0.25, 0.3) is 22.4 Å². The van der Waals surface area contributed by atoms with Crippen molar-refractivity contribution >= 4 is 11.0 Å². The Kier molecular flexibility index (Phi) is 3.80. The van der Waals surface area contributed by atoms with E-state index in [1.807, 2.05) is 12.1 Å². The fraction of sp³-hybridized carbons (Fsp3) is 0.217. The normalized spacial score (nSPS) is 17.2. The van der Waals surface area contributed by atoms with Crippen LogP contribution in [0.2, 0.25) is 0 Å². The molecule has 0 N–H and O–H groups in total. The monoisotopic (exact) mass is 355 g/mol. The van der Waals surface area contributed by atoms with Crippen LogP contribution < -0.4 is 0 Å². The van der Waals surface area contributed by atoms with Crippen molar-refractivity contribution in [3.63, 3.8) is 0 Å². The van der Waals surface area contributed by atoms with E-state index >= 15 is 0 Å². The second-order valence-corrected chi connectivity index (χ2v) is 7.35. The largest absolute Gasteiger partial charge is 0.464 e. The highest BCUT2D eigenvalue weighted by Gasteiger charge is 2.27. The fourth-order valence-corrected chi connectivity index (χ4v) is 4.21. The van der Waals surface area contributed by atoms with Crippen LogP contribution in [0.3, 0.4) is 0 Å². The third-order valence-electron chi connectivity index (χ3n) is 5.62. The number of furan rings is 1. The SMILES string of the molecule is Cc1c(-c2ncccn2)ccc2c1CN(C)CC2c1ccc2ccoc2c1. The van der Waals surface area contributed by atoms with Gasteiger partial charge in [0.2, 0.25) is 0 Å². The molecule has 4 aromatic rings. The van der Waals surface area contributed by atoms with Crippen molar-refractivity contribution in [2.45, 2.75) is 19.4 Å². The maximum atomic E-state index is 5.63.